The van der Waals surface area contributed by atoms with Gasteiger partial charge in [0.1, 0.15) is 0 Å². The maximum atomic E-state index is 11.6. The van der Waals surface area contributed by atoms with Crippen LogP contribution in [0.15, 0.2) is 0 Å². The van der Waals surface area contributed by atoms with Crippen LogP contribution in [0.3, 0.4) is 0 Å². The zero-order chi connectivity index (χ0) is 11.8. The van der Waals surface area contributed by atoms with E-state index in [-0.39, 0.29) is 5.91 Å². The lowest BCUT2D eigenvalue weighted by Gasteiger charge is -2.21. The van der Waals surface area contributed by atoms with E-state index in [1.165, 1.54) is 0 Å². The molecule has 90 valence electrons. The molecular weight excluding hydrogens is 196 g/mol. The average Bonchev–Trinajstić information content (AvgIpc) is 2.21. The van der Waals surface area contributed by atoms with Crippen LogP contribution in [-0.4, -0.2) is 55.4 Å². The van der Waals surface area contributed by atoms with Gasteiger partial charge in [-0.2, -0.15) is 0 Å². The number of aliphatic hydroxyl groups excluding tert-OH is 1. The molecule has 0 saturated heterocycles. The zero-order valence-corrected chi connectivity index (χ0v) is 9.77. The number of methoxy groups -OCH3 is 1. The largest absolute Gasteiger partial charge is 0.393 e. The van der Waals surface area contributed by atoms with Crippen molar-refractivity contribution in [2.24, 2.45) is 5.73 Å². The van der Waals surface area contributed by atoms with Crippen molar-refractivity contribution in [3.63, 3.8) is 0 Å². The second kappa shape index (κ2) is 7.62. The number of rotatable bonds is 7. The molecule has 0 aromatic rings. The molecule has 2 atom stereocenters. The van der Waals surface area contributed by atoms with E-state index in [1.54, 1.807) is 26.0 Å². The molecule has 0 bridgehead atoms. The van der Waals surface area contributed by atoms with Gasteiger partial charge in [-0.25, -0.2) is 0 Å². The summed E-state index contributed by atoms with van der Waals surface area (Å²) in [5.74, 6) is -0.104. The van der Waals surface area contributed by atoms with E-state index in [0.29, 0.717) is 26.0 Å². The normalized spacial score (nSPS) is 14.7. The lowest BCUT2D eigenvalue weighted by atomic mass is 10.2. The summed E-state index contributed by atoms with van der Waals surface area (Å²) in [6.07, 6.45) is 0.698. The van der Waals surface area contributed by atoms with Crippen LogP contribution in [-0.2, 0) is 9.53 Å². The zero-order valence-electron chi connectivity index (χ0n) is 9.77. The van der Waals surface area contributed by atoms with Crippen LogP contribution < -0.4 is 5.73 Å². The molecule has 2 unspecified atom stereocenters. The van der Waals surface area contributed by atoms with Crippen LogP contribution >= 0.6 is 0 Å². The highest BCUT2D eigenvalue weighted by atomic mass is 16.5. The second-order valence-corrected chi connectivity index (χ2v) is 3.79. The Labute approximate surface area is 91.2 Å². The van der Waals surface area contributed by atoms with Gasteiger partial charge in [0.2, 0.25) is 5.91 Å². The summed E-state index contributed by atoms with van der Waals surface area (Å²) in [4.78, 5) is 13.2. The smallest absolute Gasteiger partial charge is 0.239 e. The number of carbonyl (C=O) groups excluding carboxylic acids is 1. The minimum atomic E-state index is -0.510. The van der Waals surface area contributed by atoms with Gasteiger partial charge in [-0.05, 0) is 19.8 Å². The Morgan fingerprint density at radius 1 is 1.53 bits per heavy atom. The molecule has 3 N–H and O–H groups in total. The highest BCUT2D eigenvalue weighted by molar-refractivity contribution is 5.81. The molecule has 0 aromatic carbocycles. The Morgan fingerprint density at radius 3 is 2.60 bits per heavy atom. The van der Waals surface area contributed by atoms with Crippen molar-refractivity contribution in [2.45, 2.75) is 31.9 Å². The molecule has 0 fully saturated rings. The van der Waals surface area contributed by atoms with Crippen molar-refractivity contribution >= 4 is 5.91 Å². The van der Waals surface area contributed by atoms with Gasteiger partial charge in [-0.1, -0.05) is 0 Å². The standard InChI is InChI=1S/C10H22N2O3/c1-8(13)4-6-12(2)10(14)9(11)5-7-15-3/h8-9,13H,4-7,11H2,1-3H3. The maximum Gasteiger partial charge on any atom is 0.239 e. The fourth-order valence-electron chi connectivity index (χ4n) is 1.14. The SMILES string of the molecule is COCCC(N)C(=O)N(C)CCC(C)O. The van der Waals surface area contributed by atoms with Gasteiger partial charge in [0, 0.05) is 27.3 Å². The number of hydrogen-bond donors (Lipinski definition) is 2. The Bertz CT molecular complexity index is 186. The van der Waals surface area contributed by atoms with Crippen LogP contribution in [0.4, 0.5) is 0 Å². The predicted octanol–water partition coefficient (Wildman–Crippen LogP) is -0.420. The van der Waals surface area contributed by atoms with Crippen molar-refractivity contribution in [3.05, 3.63) is 0 Å². The first-order chi connectivity index (χ1) is 6.99. The average molecular weight is 218 g/mol. The number of amides is 1. The lowest BCUT2D eigenvalue weighted by molar-refractivity contribution is -0.131. The number of aliphatic hydroxyl groups is 1. The highest BCUT2D eigenvalue weighted by Gasteiger charge is 2.17. The Balaban J connectivity index is 3.85. The van der Waals surface area contributed by atoms with Crippen molar-refractivity contribution in [3.8, 4) is 0 Å². The molecule has 0 aliphatic rings. The number of hydrogen-bond acceptors (Lipinski definition) is 4. The molecule has 0 radical (unpaired) electrons. The first kappa shape index (κ1) is 14.3. The quantitative estimate of drug-likeness (QED) is 0.608. The van der Waals surface area contributed by atoms with E-state index in [4.69, 9.17) is 15.6 Å². The van der Waals surface area contributed by atoms with E-state index < -0.39 is 12.1 Å². The Morgan fingerprint density at radius 2 is 2.13 bits per heavy atom. The van der Waals surface area contributed by atoms with Gasteiger partial charge in [0.05, 0.1) is 12.1 Å². The summed E-state index contributed by atoms with van der Waals surface area (Å²) in [7, 11) is 3.27. The van der Waals surface area contributed by atoms with Crippen LogP contribution in [0.1, 0.15) is 19.8 Å². The van der Waals surface area contributed by atoms with Crippen molar-refractivity contribution in [1.82, 2.24) is 4.90 Å². The molecule has 5 nitrogen and oxygen atoms in total. The third-order valence-electron chi connectivity index (χ3n) is 2.21. The molecule has 0 aromatic heterocycles. The second-order valence-electron chi connectivity index (χ2n) is 3.79. The van der Waals surface area contributed by atoms with Gasteiger partial charge in [0.15, 0.2) is 0 Å². The third kappa shape index (κ3) is 6.43. The fraction of sp³-hybridized carbons (Fsp3) is 0.900. The number of likely N-dealkylation sites (N-methyl/N-ethyl adjacent to an activating group) is 1. The fourth-order valence-corrected chi connectivity index (χ4v) is 1.14. The van der Waals surface area contributed by atoms with Gasteiger partial charge < -0.3 is 20.5 Å². The van der Waals surface area contributed by atoms with Crippen molar-refractivity contribution < 1.29 is 14.6 Å². The number of nitrogens with zero attached hydrogens (tertiary/aromatic N) is 1. The number of carbonyl (C=O) groups is 1. The summed E-state index contributed by atoms with van der Waals surface area (Å²) in [5, 5.41) is 9.07. The molecule has 0 aliphatic heterocycles. The molecule has 0 heterocycles. The van der Waals surface area contributed by atoms with E-state index in [0.717, 1.165) is 0 Å². The first-order valence-electron chi connectivity index (χ1n) is 5.16. The number of ether oxygens (including phenoxy) is 1. The van der Waals surface area contributed by atoms with E-state index in [9.17, 15) is 4.79 Å². The van der Waals surface area contributed by atoms with Gasteiger partial charge in [0.25, 0.3) is 0 Å². The Hall–Kier alpha value is -0.650. The molecule has 0 spiro atoms. The Kier molecular flexibility index (Phi) is 7.29. The molecule has 0 aliphatic carbocycles. The number of nitrogens with two attached hydrogens (primary N) is 1. The molecule has 1 amide bonds. The summed E-state index contributed by atoms with van der Waals surface area (Å²) in [6, 6.07) is -0.510. The van der Waals surface area contributed by atoms with E-state index >= 15 is 0 Å². The lowest BCUT2D eigenvalue weighted by Crippen LogP contribution is -2.43. The summed E-state index contributed by atoms with van der Waals surface area (Å²) in [6.45, 7) is 2.71. The van der Waals surface area contributed by atoms with E-state index in [2.05, 4.69) is 0 Å². The topological polar surface area (TPSA) is 75.8 Å². The molecule has 0 rings (SSSR count). The summed E-state index contributed by atoms with van der Waals surface area (Å²) >= 11 is 0. The maximum absolute atomic E-state index is 11.6. The van der Waals surface area contributed by atoms with Gasteiger partial charge in [-0.15, -0.1) is 0 Å². The van der Waals surface area contributed by atoms with Crippen LogP contribution in [0, 0.1) is 0 Å². The molecule has 15 heavy (non-hydrogen) atoms. The minimum Gasteiger partial charge on any atom is -0.393 e. The van der Waals surface area contributed by atoms with Crippen molar-refractivity contribution in [1.29, 1.82) is 0 Å². The molecular formula is C10H22N2O3. The monoisotopic (exact) mass is 218 g/mol. The van der Waals surface area contributed by atoms with Crippen molar-refractivity contribution in [2.75, 3.05) is 27.3 Å². The van der Waals surface area contributed by atoms with Crippen LogP contribution in [0.2, 0.25) is 0 Å². The van der Waals surface area contributed by atoms with Gasteiger partial charge in [-0.3, -0.25) is 4.79 Å². The van der Waals surface area contributed by atoms with Crippen LogP contribution in [0.25, 0.3) is 0 Å². The summed E-state index contributed by atoms with van der Waals surface area (Å²) in [5.41, 5.74) is 5.68. The van der Waals surface area contributed by atoms with Gasteiger partial charge >= 0.3 is 0 Å². The highest BCUT2D eigenvalue weighted by Crippen LogP contribution is 1.98. The predicted molar refractivity (Wildman–Crippen MR) is 58.4 cm³/mol. The first-order valence-corrected chi connectivity index (χ1v) is 5.16. The van der Waals surface area contributed by atoms with E-state index in [1.807, 2.05) is 0 Å². The van der Waals surface area contributed by atoms with Crippen LogP contribution in [0.5, 0.6) is 0 Å². The summed E-state index contributed by atoms with van der Waals surface area (Å²) < 4.78 is 4.85. The molecule has 5 heteroatoms. The molecule has 0 saturated carbocycles. The third-order valence-corrected chi connectivity index (χ3v) is 2.21. The minimum absolute atomic E-state index is 0.104.